The maximum atomic E-state index is 12.0. The first kappa shape index (κ1) is 20.4. The minimum absolute atomic E-state index is 0.0966. The first-order chi connectivity index (χ1) is 11.1. The molecule has 1 N–H and O–H groups in total. The van der Waals surface area contributed by atoms with E-state index in [0.29, 0.717) is 13.0 Å². The molecule has 1 aromatic carbocycles. The number of nitrogens with one attached hydrogen (secondary N) is 1. The van der Waals surface area contributed by atoms with Crippen molar-refractivity contribution in [2.24, 2.45) is 5.41 Å². The molecule has 0 aliphatic carbocycles. The molecule has 0 aliphatic heterocycles. The smallest absolute Gasteiger partial charge is 0.225 e. The Hall–Kier alpha value is -1.60. The maximum Gasteiger partial charge on any atom is 0.225 e. The fourth-order valence-electron chi connectivity index (χ4n) is 2.16. The van der Waals surface area contributed by atoms with Crippen molar-refractivity contribution in [3.8, 4) is 5.75 Å². The van der Waals surface area contributed by atoms with E-state index in [4.69, 9.17) is 4.74 Å². The van der Waals surface area contributed by atoms with E-state index in [1.54, 1.807) is 7.11 Å². The molecule has 0 saturated carbocycles. The Morgan fingerprint density at radius 3 is 2.38 bits per heavy atom. The van der Waals surface area contributed by atoms with Gasteiger partial charge in [-0.15, -0.1) is 0 Å². The summed E-state index contributed by atoms with van der Waals surface area (Å²) in [5, 5.41) is 2.78. The number of hydrogen-bond acceptors (Lipinski definition) is 4. The van der Waals surface area contributed by atoms with Crippen LogP contribution in [-0.4, -0.2) is 51.6 Å². The third kappa shape index (κ3) is 6.49. The van der Waals surface area contributed by atoms with Crippen molar-refractivity contribution in [1.82, 2.24) is 9.62 Å². The minimum atomic E-state index is -3.35. The number of hydrogen-bond donors (Lipinski definition) is 1. The Morgan fingerprint density at radius 2 is 1.83 bits per heavy atom. The van der Waals surface area contributed by atoms with Gasteiger partial charge in [-0.25, -0.2) is 12.7 Å². The molecule has 0 saturated heterocycles. The molecule has 0 aliphatic rings. The van der Waals surface area contributed by atoms with E-state index >= 15 is 0 Å². The highest BCUT2D eigenvalue weighted by Crippen LogP contribution is 2.18. The standard InChI is InChI=1S/C17H28N2O4S/c1-17(2,3)16(20)18-11-13-19(24(5,21)22)12-10-14-8-6-7-9-15(14)23-4/h6-9H,10-13H2,1-5H3,(H,18,20). The van der Waals surface area contributed by atoms with E-state index in [2.05, 4.69) is 5.32 Å². The Kier molecular flexibility index (Phi) is 7.23. The van der Waals surface area contributed by atoms with Gasteiger partial charge < -0.3 is 10.1 Å². The third-order valence-corrected chi connectivity index (χ3v) is 4.92. The number of para-hydroxylation sites is 1. The van der Waals surface area contributed by atoms with Crippen molar-refractivity contribution >= 4 is 15.9 Å². The maximum absolute atomic E-state index is 12.0. The van der Waals surface area contributed by atoms with Gasteiger partial charge in [0.05, 0.1) is 13.4 Å². The Labute approximate surface area is 145 Å². The second-order valence-electron chi connectivity index (χ2n) is 6.73. The summed E-state index contributed by atoms with van der Waals surface area (Å²) in [4.78, 5) is 11.9. The monoisotopic (exact) mass is 356 g/mol. The lowest BCUT2D eigenvalue weighted by Crippen LogP contribution is -2.42. The SMILES string of the molecule is COc1ccccc1CCN(CCNC(=O)C(C)(C)C)S(C)(=O)=O. The number of nitrogens with zero attached hydrogens (tertiary/aromatic N) is 1. The van der Waals surface area contributed by atoms with E-state index in [0.717, 1.165) is 11.3 Å². The summed E-state index contributed by atoms with van der Waals surface area (Å²) in [6.45, 7) is 6.32. The quantitative estimate of drug-likeness (QED) is 0.769. The van der Waals surface area contributed by atoms with E-state index in [1.165, 1.54) is 10.6 Å². The van der Waals surface area contributed by atoms with Crippen LogP contribution in [-0.2, 0) is 21.2 Å². The summed E-state index contributed by atoms with van der Waals surface area (Å²) in [6.07, 6.45) is 1.73. The molecular formula is C17H28N2O4S. The van der Waals surface area contributed by atoms with Crippen molar-refractivity contribution in [2.45, 2.75) is 27.2 Å². The van der Waals surface area contributed by atoms with Crippen LogP contribution in [0.2, 0.25) is 0 Å². The van der Waals surface area contributed by atoms with Gasteiger partial charge in [0.25, 0.3) is 0 Å². The number of carbonyl (C=O) groups excluding carboxylic acids is 1. The molecule has 0 bridgehead atoms. The second-order valence-corrected chi connectivity index (χ2v) is 8.71. The third-order valence-electron chi connectivity index (χ3n) is 3.62. The Balaban J connectivity index is 2.66. The first-order valence-electron chi connectivity index (χ1n) is 7.91. The molecule has 7 heteroatoms. The molecule has 0 fully saturated rings. The number of sulfonamides is 1. The van der Waals surface area contributed by atoms with Crippen LogP contribution < -0.4 is 10.1 Å². The van der Waals surface area contributed by atoms with Crippen molar-refractivity contribution in [3.63, 3.8) is 0 Å². The summed E-state index contributed by atoms with van der Waals surface area (Å²) in [5.74, 6) is 0.646. The van der Waals surface area contributed by atoms with Gasteiger partial charge in [0.15, 0.2) is 0 Å². The van der Waals surface area contributed by atoms with Crippen molar-refractivity contribution in [2.75, 3.05) is 33.0 Å². The number of ether oxygens (including phenoxy) is 1. The summed E-state index contributed by atoms with van der Waals surface area (Å²) in [5.41, 5.74) is 0.459. The average molecular weight is 356 g/mol. The number of benzene rings is 1. The molecule has 24 heavy (non-hydrogen) atoms. The highest BCUT2D eigenvalue weighted by Gasteiger charge is 2.22. The Morgan fingerprint density at radius 1 is 1.21 bits per heavy atom. The van der Waals surface area contributed by atoms with Gasteiger partial charge in [0.2, 0.25) is 15.9 Å². The fourth-order valence-corrected chi connectivity index (χ4v) is 3.00. The molecular weight excluding hydrogens is 328 g/mol. The lowest BCUT2D eigenvalue weighted by molar-refractivity contribution is -0.128. The van der Waals surface area contributed by atoms with Crippen molar-refractivity contribution < 1.29 is 17.9 Å². The van der Waals surface area contributed by atoms with Gasteiger partial charge in [-0.1, -0.05) is 39.0 Å². The largest absolute Gasteiger partial charge is 0.496 e. The van der Waals surface area contributed by atoms with E-state index < -0.39 is 15.4 Å². The van der Waals surface area contributed by atoms with E-state index in [1.807, 2.05) is 45.0 Å². The van der Waals surface area contributed by atoms with Gasteiger partial charge in [0.1, 0.15) is 5.75 Å². The van der Waals surface area contributed by atoms with Crippen LogP contribution in [0.3, 0.4) is 0 Å². The molecule has 136 valence electrons. The molecule has 1 aromatic rings. The molecule has 0 radical (unpaired) electrons. The fraction of sp³-hybridized carbons (Fsp3) is 0.588. The zero-order chi connectivity index (χ0) is 18.4. The van der Waals surface area contributed by atoms with Gasteiger partial charge in [0, 0.05) is 25.0 Å². The number of rotatable bonds is 8. The zero-order valence-electron chi connectivity index (χ0n) is 15.1. The normalized spacial score (nSPS) is 12.2. The number of methoxy groups -OCH3 is 1. The molecule has 0 heterocycles. The number of carbonyl (C=O) groups is 1. The van der Waals surface area contributed by atoms with Crippen LogP contribution in [0.4, 0.5) is 0 Å². The van der Waals surface area contributed by atoms with Gasteiger partial charge in [-0.2, -0.15) is 0 Å². The highest BCUT2D eigenvalue weighted by atomic mass is 32.2. The zero-order valence-corrected chi connectivity index (χ0v) is 15.9. The molecule has 0 atom stereocenters. The van der Waals surface area contributed by atoms with Crippen LogP contribution in [0.15, 0.2) is 24.3 Å². The van der Waals surface area contributed by atoms with E-state index in [9.17, 15) is 13.2 Å². The predicted octanol–water partition coefficient (Wildman–Crippen LogP) is 1.66. The molecule has 1 amide bonds. The van der Waals surface area contributed by atoms with Crippen LogP contribution in [0, 0.1) is 5.41 Å². The predicted molar refractivity (Wildman–Crippen MR) is 95.6 cm³/mol. The molecule has 0 unspecified atom stereocenters. The van der Waals surface area contributed by atoms with Crippen LogP contribution >= 0.6 is 0 Å². The summed E-state index contributed by atoms with van der Waals surface area (Å²) < 4.78 is 30.6. The van der Waals surface area contributed by atoms with Crippen molar-refractivity contribution in [1.29, 1.82) is 0 Å². The minimum Gasteiger partial charge on any atom is -0.496 e. The topological polar surface area (TPSA) is 75.7 Å². The Bertz CT molecular complexity index is 651. The van der Waals surface area contributed by atoms with Crippen LogP contribution in [0.25, 0.3) is 0 Å². The summed E-state index contributed by atoms with van der Waals surface area (Å²) >= 11 is 0. The van der Waals surface area contributed by atoms with Gasteiger partial charge >= 0.3 is 0 Å². The molecule has 0 spiro atoms. The lowest BCUT2D eigenvalue weighted by atomic mass is 9.96. The molecule has 0 aromatic heterocycles. The first-order valence-corrected chi connectivity index (χ1v) is 9.76. The van der Waals surface area contributed by atoms with Gasteiger partial charge in [-0.05, 0) is 18.1 Å². The van der Waals surface area contributed by atoms with Crippen LogP contribution in [0.5, 0.6) is 5.75 Å². The molecule has 1 rings (SSSR count). The average Bonchev–Trinajstić information content (AvgIpc) is 2.48. The number of amides is 1. The van der Waals surface area contributed by atoms with Gasteiger partial charge in [-0.3, -0.25) is 4.79 Å². The van der Waals surface area contributed by atoms with Crippen molar-refractivity contribution in [3.05, 3.63) is 29.8 Å². The van der Waals surface area contributed by atoms with Crippen LogP contribution in [0.1, 0.15) is 26.3 Å². The van der Waals surface area contributed by atoms with E-state index in [-0.39, 0.29) is 19.0 Å². The lowest BCUT2D eigenvalue weighted by Gasteiger charge is -2.22. The summed E-state index contributed by atoms with van der Waals surface area (Å²) in [7, 11) is -1.75. The summed E-state index contributed by atoms with van der Waals surface area (Å²) in [6, 6.07) is 7.54. The molecule has 6 nitrogen and oxygen atoms in total. The highest BCUT2D eigenvalue weighted by molar-refractivity contribution is 7.88. The second kappa shape index (κ2) is 8.48.